The first-order valence-electron chi connectivity index (χ1n) is 11.0. The van der Waals surface area contributed by atoms with E-state index in [-0.39, 0.29) is 28.3 Å². The average molecular weight is 566 g/mol. The van der Waals surface area contributed by atoms with Gasteiger partial charge in [0.2, 0.25) is 5.96 Å². The van der Waals surface area contributed by atoms with Crippen LogP contribution >= 0.6 is 11.6 Å². The van der Waals surface area contributed by atoms with Crippen molar-refractivity contribution in [3.8, 4) is 11.5 Å². The number of hydrazine groups is 1. The third kappa shape index (κ3) is 7.04. The molecule has 38 heavy (non-hydrogen) atoms. The zero-order chi connectivity index (χ0) is 27.9. The Morgan fingerprint density at radius 3 is 2.21 bits per heavy atom. The SMILES string of the molecule is COc1cccc(OC)c1NC(=NS(=O)(=O)[C@@H](C)[C@H](C)c1ncc(F)cn1)NNC(=O)c1cccc(Cl)n1. The number of nitrogens with one attached hydrogen (secondary N) is 3. The van der Waals surface area contributed by atoms with E-state index in [4.69, 9.17) is 21.1 Å². The van der Waals surface area contributed by atoms with Crippen LogP contribution in [0.5, 0.6) is 11.5 Å². The number of amides is 1. The summed E-state index contributed by atoms with van der Waals surface area (Å²) in [5.41, 5.74) is 5.01. The Bertz CT molecular complexity index is 1400. The molecule has 2 heterocycles. The highest BCUT2D eigenvalue weighted by Gasteiger charge is 2.30. The molecule has 15 heteroatoms. The number of ether oxygens (including phenoxy) is 2. The van der Waals surface area contributed by atoms with Crippen molar-refractivity contribution in [1.29, 1.82) is 0 Å². The van der Waals surface area contributed by atoms with Crippen LogP contribution in [0.2, 0.25) is 5.15 Å². The second-order valence-corrected chi connectivity index (χ2v) is 10.1. The summed E-state index contributed by atoms with van der Waals surface area (Å²) in [5, 5.41) is 1.75. The van der Waals surface area contributed by atoms with Crippen molar-refractivity contribution in [3.05, 3.63) is 71.3 Å². The Labute approximate surface area is 223 Å². The maximum Gasteiger partial charge on any atom is 0.288 e. The lowest BCUT2D eigenvalue weighted by Gasteiger charge is -2.20. The van der Waals surface area contributed by atoms with Crippen molar-refractivity contribution >= 4 is 39.2 Å². The standard InChI is InChI=1S/C23H25ClFN7O5S/c1-13(21-26-11-15(25)12-27-21)14(2)38(34,35)32-23(29-20-17(36-3)8-6-9-18(20)37-4)31-30-22(33)16-7-5-10-19(24)28-16/h5-14H,1-4H3,(H,30,33)(H2,29,31,32)/t13-,14-/m0/s1. The molecule has 1 aromatic carbocycles. The molecule has 0 saturated carbocycles. The first-order chi connectivity index (χ1) is 18.1. The van der Waals surface area contributed by atoms with Gasteiger partial charge in [0.25, 0.3) is 15.9 Å². The fraction of sp³-hybridized carbons (Fsp3) is 0.261. The van der Waals surface area contributed by atoms with Crippen LogP contribution in [0, 0.1) is 5.82 Å². The van der Waals surface area contributed by atoms with Crippen LogP contribution in [-0.4, -0.2) is 54.7 Å². The molecule has 0 saturated heterocycles. The molecule has 202 valence electrons. The molecule has 0 aliphatic carbocycles. The van der Waals surface area contributed by atoms with E-state index in [9.17, 15) is 17.6 Å². The first-order valence-corrected chi connectivity index (χ1v) is 12.9. The Balaban J connectivity index is 1.95. The zero-order valence-corrected chi connectivity index (χ0v) is 22.3. The van der Waals surface area contributed by atoms with E-state index in [0.29, 0.717) is 11.5 Å². The van der Waals surface area contributed by atoms with Crippen molar-refractivity contribution in [2.24, 2.45) is 4.40 Å². The van der Waals surface area contributed by atoms with Gasteiger partial charge in [0.05, 0.1) is 31.9 Å². The number of carbonyl (C=O) groups excluding carboxylic acids is 1. The molecular formula is C23H25ClFN7O5S. The molecule has 0 spiro atoms. The van der Waals surface area contributed by atoms with E-state index in [0.717, 1.165) is 12.4 Å². The second kappa shape index (κ2) is 12.5. The number of aromatic nitrogens is 3. The molecule has 3 aromatic rings. The van der Waals surface area contributed by atoms with Crippen molar-refractivity contribution < 1.29 is 27.1 Å². The van der Waals surface area contributed by atoms with E-state index < -0.39 is 32.9 Å². The molecule has 0 aliphatic heterocycles. The van der Waals surface area contributed by atoms with Gasteiger partial charge in [0, 0.05) is 5.92 Å². The quantitative estimate of drug-likeness (QED) is 0.160. The van der Waals surface area contributed by atoms with E-state index in [1.54, 1.807) is 25.1 Å². The number of hydrogen-bond donors (Lipinski definition) is 3. The Morgan fingerprint density at radius 1 is 1.03 bits per heavy atom. The minimum Gasteiger partial charge on any atom is -0.494 e. The van der Waals surface area contributed by atoms with Crippen molar-refractivity contribution in [2.45, 2.75) is 25.0 Å². The average Bonchev–Trinajstić information content (AvgIpc) is 2.91. The number of carbonyl (C=O) groups is 1. The van der Waals surface area contributed by atoms with Crippen molar-refractivity contribution in [2.75, 3.05) is 19.5 Å². The second-order valence-electron chi connectivity index (χ2n) is 7.80. The van der Waals surface area contributed by atoms with Crippen LogP contribution in [0.1, 0.15) is 36.1 Å². The molecule has 0 aliphatic rings. The number of sulfonamides is 1. The summed E-state index contributed by atoms with van der Waals surface area (Å²) in [6.45, 7) is 2.98. The number of guanidine groups is 1. The maximum atomic E-state index is 13.3. The molecule has 12 nitrogen and oxygen atoms in total. The summed E-state index contributed by atoms with van der Waals surface area (Å²) >= 11 is 5.85. The lowest BCUT2D eigenvalue weighted by molar-refractivity contribution is 0.0938. The van der Waals surface area contributed by atoms with Gasteiger partial charge in [-0.15, -0.1) is 4.40 Å². The number of rotatable bonds is 8. The molecule has 3 N–H and O–H groups in total. The summed E-state index contributed by atoms with van der Waals surface area (Å²) in [7, 11) is -1.44. The number of benzene rings is 1. The van der Waals surface area contributed by atoms with Gasteiger partial charge in [-0.2, -0.15) is 0 Å². The summed E-state index contributed by atoms with van der Waals surface area (Å²) in [5.74, 6) is -1.78. The fourth-order valence-corrected chi connectivity index (χ4v) is 4.43. The van der Waals surface area contributed by atoms with Crippen LogP contribution in [0.25, 0.3) is 0 Å². The number of para-hydroxylation sites is 1. The predicted molar refractivity (Wildman–Crippen MR) is 139 cm³/mol. The monoisotopic (exact) mass is 565 g/mol. The van der Waals surface area contributed by atoms with Gasteiger partial charge in [0.1, 0.15) is 33.9 Å². The summed E-state index contributed by atoms with van der Waals surface area (Å²) in [6.07, 6.45) is 1.90. The number of halogens is 2. The van der Waals surface area contributed by atoms with Crippen molar-refractivity contribution in [1.82, 2.24) is 25.8 Å². The third-order valence-electron chi connectivity index (χ3n) is 5.35. The normalized spacial score (nSPS) is 13.3. The highest BCUT2D eigenvalue weighted by Crippen LogP contribution is 2.34. The Kier molecular flexibility index (Phi) is 9.36. The lowest BCUT2D eigenvalue weighted by atomic mass is 10.1. The van der Waals surface area contributed by atoms with Gasteiger partial charge < -0.3 is 14.8 Å². The summed E-state index contributed by atoms with van der Waals surface area (Å²) < 4.78 is 54.4. The van der Waals surface area contributed by atoms with Crippen molar-refractivity contribution in [3.63, 3.8) is 0 Å². The number of anilines is 1. The lowest BCUT2D eigenvalue weighted by Crippen LogP contribution is -2.46. The van der Waals surface area contributed by atoms with Crippen LogP contribution in [0.15, 0.2) is 53.2 Å². The number of nitrogens with zero attached hydrogens (tertiary/aromatic N) is 4. The van der Waals surface area contributed by atoms with Crippen LogP contribution < -0.4 is 25.6 Å². The van der Waals surface area contributed by atoms with Gasteiger partial charge in [0.15, 0.2) is 5.82 Å². The van der Waals surface area contributed by atoms with E-state index in [1.165, 1.54) is 39.3 Å². The topological polar surface area (TPSA) is 157 Å². The Morgan fingerprint density at radius 2 is 1.63 bits per heavy atom. The summed E-state index contributed by atoms with van der Waals surface area (Å²) in [4.78, 5) is 24.2. The first kappa shape index (κ1) is 28.5. The molecule has 0 unspecified atom stereocenters. The Hall–Kier alpha value is -4.04. The van der Waals surface area contributed by atoms with Gasteiger partial charge in [-0.25, -0.2) is 27.8 Å². The van der Waals surface area contributed by atoms with Gasteiger partial charge >= 0.3 is 0 Å². The number of pyridine rings is 1. The van der Waals surface area contributed by atoms with Gasteiger partial charge in [-0.3, -0.25) is 15.6 Å². The smallest absolute Gasteiger partial charge is 0.288 e. The summed E-state index contributed by atoms with van der Waals surface area (Å²) in [6, 6.07) is 9.34. The maximum absolute atomic E-state index is 13.3. The minimum atomic E-state index is -4.28. The number of methoxy groups -OCH3 is 2. The molecule has 1 amide bonds. The van der Waals surface area contributed by atoms with E-state index in [2.05, 4.69) is 35.5 Å². The molecule has 2 atom stereocenters. The molecule has 0 bridgehead atoms. The molecule has 2 aromatic heterocycles. The van der Waals surface area contributed by atoms with E-state index in [1.807, 2.05) is 0 Å². The number of hydrogen-bond acceptors (Lipinski definition) is 8. The molecule has 0 fully saturated rings. The minimum absolute atomic E-state index is 0.0301. The molecular weight excluding hydrogens is 541 g/mol. The molecule has 0 radical (unpaired) electrons. The fourth-order valence-electron chi connectivity index (χ4n) is 3.12. The van der Waals surface area contributed by atoms with Gasteiger partial charge in [-0.1, -0.05) is 30.7 Å². The van der Waals surface area contributed by atoms with Gasteiger partial charge in [-0.05, 0) is 31.2 Å². The highest BCUT2D eigenvalue weighted by atomic mass is 35.5. The highest BCUT2D eigenvalue weighted by molar-refractivity contribution is 7.90. The largest absolute Gasteiger partial charge is 0.494 e. The van der Waals surface area contributed by atoms with Crippen LogP contribution in [0.3, 0.4) is 0 Å². The van der Waals surface area contributed by atoms with Crippen LogP contribution in [0.4, 0.5) is 10.1 Å². The molecule has 3 rings (SSSR count). The third-order valence-corrected chi connectivity index (χ3v) is 7.35. The predicted octanol–water partition coefficient (Wildman–Crippen LogP) is 2.91. The van der Waals surface area contributed by atoms with E-state index >= 15 is 0 Å². The van der Waals surface area contributed by atoms with Crippen LogP contribution in [-0.2, 0) is 10.0 Å². The zero-order valence-electron chi connectivity index (χ0n) is 20.8.